The van der Waals surface area contributed by atoms with Gasteiger partial charge in [0.05, 0.1) is 0 Å². The van der Waals surface area contributed by atoms with Crippen molar-refractivity contribution < 1.29 is 9.59 Å². The van der Waals surface area contributed by atoms with E-state index in [1.54, 1.807) is 24.3 Å². The zero-order valence-corrected chi connectivity index (χ0v) is 8.19. The van der Waals surface area contributed by atoms with Crippen molar-refractivity contribution in [3.05, 3.63) is 24.3 Å². The molecule has 1 aliphatic rings. The molecule has 0 bridgehead atoms. The van der Waals surface area contributed by atoms with Crippen molar-refractivity contribution in [2.24, 2.45) is 5.92 Å². The van der Waals surface area contributed by atoms with Crippen LogP contribution in [0, 0.1) is 5.92 Å². The van der Waals surface area contributed by atoms with E-state index in [1.165, 1.54) is 0 Å². The lowest BCUT2D eigenvalue weighted by atomic mass is 10.2. The quantitative estimate of drug-likeness (QED) is 0.732. The molecule has 4 nitrogen and oxygen atoms in total. The lowest BCUT2D eigenvalue weighted by Gasteiger charge is -2.04. The highest BCUT2D eigenvalue weighted by Gasteiger charge is 2.29. The maximum Gasteiger partial charge on any atom is 0.227 e. The SMILES string of the molecule is O=CNc1ccc(NC(=O)C2CC2)cc1. The molecule has 2 rings (SSSR count). The Balaban J connectivity index is 1.96. The maximum atomic E-state index is 11.4. The van der Waals surface area contributed by atoms with Crippen molar-refractivity contribution in [1.82, 2.24) is 0 Å². The van der Waals surface area contributed by atoms with Gasteiger partial charge in [0.25, 0.3) is 0 Å². The predicted molar refractivity (Wildman–Crippen MR) is 57.5 cm³/mol. The van der Waals surface area contributed by atoms with E-state index < -0.39 is 0 Å². The molecular weight excluding hydrogens is 192 g/mol. The third-order valence-corrected chi connectivity index (χ3v) is 2.33. The van der Waals surface area contributed by atoms with E-state index >= 15 is 0 Å². The summed E-state index contributed by atoms with van der Waals surface area (Å²) in [5, 5.41) is 5.35. The molecule has 2 amide bonds. The van der Waals surface area contributed by atoms with E-state index in [1.807, 2.05) is 0 Å². The molecule has 0 spiro atoms. The van der Waals surface area contributed by atoms with Gasteiger partial charge in [0.2, 0.25) is 12.3 Å². The number of carbonyl (C=O) groups is 2. The van der Waals surface area contributed by atoms with Crippen LogP contribution < -0.4 is 10.6 Å². The van der Waals surface area contributed by atoms with Gasteiger partial charge in [0, 0.05) is 17.3 Å². The van der Waals surface area contributed by atoms with Crippen molar-refractivity contribution in [1.29, 1.82) is 0 Å². The van der Waals surface area contributed by atoms with Crippen molar-refractivity contribution in [2.45, 2.75) is 12.8 Å². The second kappa shape index (κ2) is 4.13. The molecule has 2 N–H and O–H groups in total. The van der Waals surface area contributed by atoms with Gasteiger partial charge in [-0.05, 0) is 37.1 Å². The fourth-order valence-electron chi connectivity index (χ4n) is 1.31. The van der Waals surface area contributed by atoms with Crippen LogP contribution in [0.5, 0.6) is 0 Å². The summed E-state index contributed by atoms with van der Waals surface area (Å²) in [6.45, 7) is 0. The third kappa shape index (κ3) is 2.56. The van der Waals surface area contributed by atoms with Gasteiger partial charge in [-0.15, -0.1) is 0 Å². The first-order chi connectivity index (χ1) is 7.29. The zero-order valence-electron chi connectivity index (χ0n) is 8.19. The highest BCUT2D eigenvalue weighted by atomic mass is 16.2. The van der Waals surface area contributed by atoms with Crippen LogP contribution in [0.15, 0.2) is 24.3 Å². The van der Waals surface area contributed by atoms with Gasteiger partial charge < -0.3 is 10.6 Å². The fourth-order valence-corrected chi connectivity index (χ4v) is 1.31. The molecule has 1 aliphatic carbocycles. The van der Waals surface area contributed by atoms with E-state index in [0.717, 1.165) is 24.2 Å². The molecule has 0 atom stereocenters. The molecule has 4 heteroatoms. The largest absolute Gasteiger partial charge is 0.329 e. The topological polar surface area (TPSA) is 58.2 Å². The van der Waals surface area contributed by atoms with Crippen LogP contribution in [0.25, 0.3) is 0 Å². The van der Waals surface area contributed by atoms with Gasteiger partial charge in [-0.3, -0.25) is 9.59 Å². The van der Waals surface area contributed by atoms with E-state index in [9.17, 15) is 9.59 Å². The molecule has 1 aromatic rings. The van der Waals surface area contributed by atoms with Crippen LogP contribution in [0.4, 0.5) is 11.4 Å². The van der Waals surface area contributed by atoms with E-state index in [0.29, 0.717) is 6.41 Å². The number of anilines is 2. The molecule has 1 fully saturated rings. The van der Waals surface area contributed by atoms with E-state index in [2.05, 4.69) is 10.6 Å². The summed E-state index contributed by atoms with van der Waals surface area (Å²) >= 11 is 0. The predicted octanol–water partition coefficient (Wildman–Crippen LogP) is 1.60. The Labute approximate surface area is 87.7 Å². The number of carbonyl (C=O) groups excluding carboxylic acids is 2. The average molecular weight is 204 g/mol. The van der Waals surface area contributed by atoms with Gasteiger partial charge in [-0.2, -0.15) is 0 Å². The minimum Gasteiger partial charge on any atom is -0.329 e. The van der Waals surface area contributed by atoms with E-state index in [4.69, 9.17) is 0 Å². The number of nitrogens with one attached hydrogen (secondary N) is 2. The van der Waals surface area contributed by atoms with Crippen LogP contribution in [0.2, 0.25) is 0 Å². The summed E-state index contributed by atoms with van der Waals surface area (Å²) in [7, 11) is 0. The Kier molecular flexibility index (Phi) is 2.67. The Morgan fingerprint density at radius 1 is 1.20 bits per heavy atom. The van der Waals surface area contributed by atoms with Crippen molar-refractivity contribution in [3.8, 4) is 0 Å². The lowest BCUT2D eigenvalue weighted by Crippen LogP contribution is -2.13. The smallest absolute Gasteiger partial charge is 0.227 e. The number of rotatable bonds is 4. The number of hydrogen-bond acceptors (Lipinski definition) is 2. The van der Waals surface area contributed by atoms with Crippen LogP contribution in [0.1, 0.15) is 12.8 Å². The van der Waals surface area contributed by atoms with Crippen LogP contribution in [-0.4, -0.2) is 12.3 Å². The summed E-state index contributed by atoms with van der Waals surface area (Å²) in [4.78, 5) is 21.6. The second-order valence-corrected chi connectivity index (χ2v) is 3.60. The van der Waals surface area contributed by atoms with Gasteiger partial charge in [-0.1, -0.05) is 0 Å². The molecular formula is C11H12N2O2. The maximum absolute atomic E-state index is 11.4. The van der Waals surface area contributed by atoms with Gasteiger partial charge in [-0.25, -0.2) is 0 Å². The minimum absolute atomic E-state index is 0.0890. The summed E-state index contributed by atoms with van der Waals surface area (Å²) in [6.07, 6.45) is 2.62. The Bertz CT molecular complexity index is 369. The molecule has 1 saturated carbocycles. The summed E-state index contributed by atoms with van der Waals surface area (Å²) < 4.78 is 0. The first-order valence-electron chi connectivity index (χ1n) is 4.91. The zero-order chi connectivity index (χ0) is 10.7. The van der Waals surface area contributed by atoms with Crippen LogP contribution >= 0.6 is 0 Å². The molecule has 0 aliphatic heterocycles. The standard InChI is InChI=1S/C11H12N2O2/c14-7-12-9-3-5-10(6-4-9)13-11(15)8-1-2-8/h3-8H,1-2H2,(H,12,14)(H,13,15). The minimum atomic E-state index is 0.0890. The fraction of sp³-hybridized carbons (Fsp3) is 0.273. The lowest BCUT2D eigenvalue weighted by molar-refractivity contribution is -0.117. The Hall–Kier alpha value is -1.84. The summed E-state index contributed by atoms with van der Waals surface area (Å²) in [5.74, 6) is 0.295. The Morgan fingerprint density at radius 2 is 1.80 bits per heavy atom. The molecule has 78 valence electrons. The van der Waals surface area contributed by atoms with Crippen molar-refractivity contribution in [2.75, 3.05) is 10.6 Å². The van der Waals surface area contributed by atoms with Crippen LogP contribution in [0.3, 0.4) is 0 Å². The van der Waals surface area contributed by atoms with Gasteiger partial charge >= 0.3 is 0 Å². The average Bonchev–Trinajstić information content (AvgIpc) is 3.04. The molecule has 0 heterocycles. The monoisotopic (exact) mass is 204 g/mol. The van der Waals surface area contributed by atoms with Gasteiger partial charge in [0.15, 0.2) is 0 Å². The highest BCUT2D eigenvalue weighted by Crippen LogP contribution is 2.30. The van der Waals surface area contributed by atoms with Crippen molar-refractivity contribution >= 4 is 23.7 Å². The molecule has 0 saturated heterocycles. The third-order valence-electron chi connectivity index (χ3n) is 2.33. The number of hydrogen-bond donors (Lipinski definition) is 2. The Morgan fingerprint density at radius 3 is 2.33 bits per heavy atom. The van der Waals surface area contributed by atoms with Crippen LogP contribution in [-0.2, 0) is 9.59 Å². The first kappa shape index (κ1) is 9.71. The molecule has 0 radical (unpaired) electrons. The second-order valence-electron chi connectivity index (χ2n) is 3.60. The van der Waals surface area contributed by atoms with Gasteiger partial charge in [0.1, 0.15) is 0 Å². The molecule has 0 aromatic heterocycles. The summed E-state index contributed by atoms with van der Waals surface area (Å²) in [6, 6.07) is 7.03. The number of amides is 2. The first-order valence-corrected chi connectivity index (χ1v) is 4.91. The van der Waals surface area contributed by atoms with Crippen molar-refractivity contribution in [3.63, 3.8) is 0 Å². The molecule has 0 unspecified atom stereocenters. The number of benzene rings is 1. The normalized spacial score (nSPS) is 14.4. The highest BCUT2D eigenvalue weighted by molar-refractivity contribution is 5.94. The van der Waals surface area contributed by atoms with E-state index in [-0.39, 0.29) is 11.8 Å². The summed E-state index contributed by atoms with van der Waals surface area (Å²) in [5.41, 5.74) is 1.48. The molecule has 15 heavy (non-hydrogen) atoms. The molecule has 1 aromatic carbocycles.